The van der Waals surface area contributed by atoms with Crippen LogP contribution in [0.5, 0.6) is 0 Å². The van der Waals surface area contributed by atoms with Crippen molar-refractivity contribution >= 4 is 28.3 Å². The molecule has 1 N–H and O–H groups in total. The van der Waals surface area contributed by atoms with E-state index in [0.29, 0.717) is 22.8 Å². The molecule has 0 unspecified atom stereocenters. The Labute approximate surface area is 154 Å². The molecule has 3 aromatic rings. The van der Waals surface area contributed by atoms with Gasteiger partial charge in [-0.05, 0) is 52.3 Å². The molecular formula is C18H15ClN6O. The summed E-state index contributed by atoms with van der Waals surface area (Å²) in [6.45, 7) is 2.04. The second-order valence-corrected chi connectivity index (χ2v) is 6.43. The monoisotopic (exact) mass is 366 g/mol. The van der Waals surface area contributed by atoms with Crippen molar-refractivity contribution in [3.05, 3.63) is 64.1 Å². The van der Waals surface area contributed by atoms with Gasteiger partial charge in [0.15, 0.2) is 6.17 Å². The molecule has 0 spiro atoms. The van der Waals surface area contributed by atoms with E-state index in [2.05, 4.69) is 30.6 Å². The molecule has 7 nitrogen and oxygen atoms in total. The summed E-state index contributed by atoms with van der Waals surface area (Å²) in [6.07, 6.45) is 2.49. The minimum Gasteiger partial charge on any atom is -0.351 e. The molecule has 130 valence electrons. The number of rotatable bonds is 5. The van der Waals surface area contributed by atoms with Crippen LogP contribution in [0.25, 0.3) is 10.9 Å². The molecule has 4 rings (SSSR count). The van der Waals surface area contributed by atoms with Gasteiger partial charge in [-0.15, -0.1) is 10.2 Å². The number of pyridine rings is 1. The number of benzene rings is 1. The molecule has 0 bridgehead atoms. The maximum atomic E-state index is 13.1. The van der Waals surface area contributed by atoms with Gasteiger partial charge in [-0.1, -0.05) is 24.6 Å². The quantitative estimate of drug-likeness (QED) is 0.661. The van der Waals surface area contributed by atoms with Gasteiger partial charge in [0.25, 0.3) is 0 Å². The lowest BCUT2D eigenvalue weighted by molar-refractivity contribution is 0.102. The van der Waals surface area contributed by atoms with E-state index in [4.69, 9.17) is 11.6 Å². The van der Waals surface area contributed by atoms with Crippen LogP contribution in [0.3, 0.4) is 0 Å². The number of aromatic nitrogens is 2. The van der Waals surface area contributed by atoms with Crippen molar-refractivity contribution in [1.82, 2.24) is 9.97 Å². The fourth-order valence-electron chi connectivity index (χ4n) is 3.03. The highest BCUT2D eigenvalue weighted by molar-refractivity contribution is 6.31. The Morgan fingerprint density at radius 2 is 2.00 bits per heavy atom. The van der Waals surface area contributed by atoms with Crippen molar-refractivity contribution in [2.75, 3.05) is 0 Å². The van der Waals surface area contributed by atoms with Crippen LogP contribution >= 0.6 is 11.6 Å². The Balaban J connectivity index is 1.83. The summed E-state index contributed by atoms with van der Waals surface area (Å²) >= 11 is 6.10. The lowest BCUT2D eigenvalue weighted by Gasteiger charge is -2.06. The number of aromatic amines is 1. The van der Waals surface area contributed by atoms with E-state index in [1.807, 2.05) is 25.1 Å². The summed E-state index contributed by atoms with van der Waals surface area (Å²) in [6, 6.07) is 9.20. The highest BCUT2D eigenvalue weighted by Crippen LogP contribution is 2.29. The number of H-pyrrole nitrogens is 1. The smallest absolute Gasteiger partial charge is 0.227 e. The number of fused-ring (bicyclic) bond motifs is 1. The lowest BCUT2D eigenvalue weighted by Crippen LogP contribution is -2.11. The first-order valence-electron chi connectivity index (χ1n) is 8.25. The predicted octanol–water partition coefficient (Wildman–Crippen LogP) is 4.71. The van der Waals surface area contributed by atoms with Crippen molar-refractivity contribution in [2.45, 2.75) is 25.9 Å². The third kappa shape index (κ3) is 3.01. The molecule has 8 heteroatoms. The lowest BCUT2D eigenvalue weighted by atomic mass is 10.0. The minimum absolute atomic E-state index is 0.172. The van der Waals surface area contributed by atoms with Crippen molar-refractivity contribution in [1.29, 1.82) is 0 Å². The molecule has 0 aliphatic carbocycles. The molecule has 0 amide bonds. The zero-order valence-electron chi connectivity index (χ0n) is 14.0. The molecule has 0 fully saturated rings. The first-order chi connectivity index (χ1) is 12.7. The van der Waals surface area contributed by atoms with Crippen LogP contribution in [0.1, 0.15) is 34.2 Å². The van der Waals surface area contributed by atoms with Crippen LogP contribution in [-0.2, 0) is 12.8 Å². The van der Waals surface area contributed by atoms with E-state index in [9.17, 15) is 4.79 Å². The van der Waals surface area contributed by atoms with E-state index >= 15 is 0 Å². The van der Waals surface area contributed by atoms with Crippen molar-refractivity contribution in [3.8, 4) is 0 Å². The Hall–Kier alpha value is -2.93. The molecule has 1 aliphatic rings. The molecular weight excluding hydrogens is 352 g/mol. The zero-order chi connectivity index (χ0) is 18.1. The van der Waals surface area contributed by atoms with Gasteiger partial charge in [0.1, 0.15) is 5.69 Å². The first-order valence-corrected chi connectivity index (χ1v) is 8.63. The third-order valence-electron chi connectivity index (χ3n) is 4.36. The largest absolute Gasteiger partial charge is 0.351 e. The summed E-state index contributed by atoms with van der Waals surface area (Å²) in [5, 5.41) is 16.5. The fraction of sp³-hybridized carbons (Fsp3) is 0.222. The van der Waals surface area contributed by atoms with Crippen molar-refractivity contribution < 1.29 is 4.79 Å². The van der Waals surface area contributed by atoms with Crippen molar-refractivity contribution in [3.63, 3.8) is 0 Å². The number of carbonyl (C=O) groups is 1. The molecule has 0 saturated carbocycles. The average Bonchev–Trinajstić information content (AvgIpc) is 3.29. The minimum atomic E-state index is -0.425. The Morgan fingerprint density at radius 1 is 1.19 bits per heavy atom. The van der Waals surface area contributed by atoms with E-state index in [-0.39, 0.29) is 5.78 Å². The number of ketones is 1. The Kier molecular flexibility index (Phi) is 4.30. The van der Waals surface area contributed by atoms with E-state index in [0.717, 1.165) is 28.5 Å². The number of aryl methyl sites for hydroxylation is 1. The van der Waals surface area contributed by atoms with Gasteiger partial charge >= 0.3 is 0 Å². The van der Waals surface area contributed by atoms with Crippen LogP contribution in [-0.4, -0.2) is 21.9 Å². The molecule has 0 atom stereocenters. The molecule has 26 heavy (non-hydrogen) atoms. The maximum Gasteiger partial charge on any atom is 0.227 e. The number of nitrogens with one attached hydrogen (secondary N) is 1. The van der Waals surface area contributed by atoms with E-state index in [1.165, 1.54) is 0 Å². The topological polar surface area (TPSA) is 95.2 Å². The summed E-state index contributed by atoms with van der Waals surface area (Å²) < 4.78 is 0. The highest BCUT2D eigenvalue weighted by Gasteiger charge is 2.24. The van der Waals surface area contributed by atoms with Crippen LogP contribution < -0.4 is 0 Å². The van der Waals surface area contributed by atoms with E-state index < -0.39 is 6.17 Å². The number of hydrogen-bond acceptors (Lipinski definition) is 6. The van der Waals surface area contributed by atoms with Gasteiger partial charge in [0.05, 0.1) is 5.69 Å². The molecule has 2 aromatic heterocycles. The normalized spacial score (nSPS) is 13.8. The number of hydrogen-bond donors (Lipinski definition) is 1. The summed E-state index contributed by atoms with van der Waals surface area (Å²) in [7, 11) is 0. The Bertz CT molecular complexity index is 1040. The summed E-state index contributed by atoms with van der Waals surface area (Å²) in [5.41, 5.74) is 3.53. The molecule has 1 aliphatic heterocycles. The van der Waals surface area contributed by atoms with Crippen LogP contribution in [0.4, 0.5) is 0 Å². The van der Waals surface area contributed by atoms with Crippen LogP contribution in [0.15, 0.2) is 57.2 Å². The number of carbonyl (C=O) groups excluding carboxylic acids is 1. The number of halogens is 1. The van der Waals surface area contributed by atoms with Gasteiger partial charge in [0, 0.05) is 28.5 Å². The average molecular weight is 367 g/mol. The first kappa shape index (κ1) is 16.5. The number of nitrogens with zero attached hydrogens (tertiary/aromatic N) is 5. The third-order valence-corrected chi connectivity index (χ3v) is 4.59. The summed E-state index contributed by atoms with van der Waals surface area (Å²) in [4.78, 5) is 20.6. The predicted molar refractivity (Wildman–Crippen MR) is 97.6 cm³/mol. The maximum absolute atomic E-state index is 13.1. The van der Waals surface area contributed by atoms with Crippen LogP contribution in [0.2, 0.25) is 5.02 Å². The molecule has 3 heterocycles. The van der Waals surface area contributed by atoms with Crippen LogP contribution in [0, 0.1) is 0 Å². The zero-order valence-corrected chi connectivity index (χ0v) is 14.7. The van der Waals surface area contributed by atoms with Gasteiger partial charge in [-0.3, -0.25) is 9.78 Å². The van der Waals surface area contributed by atoms with Gasteiger partial charge in [0.2, 0.25) is 5.78 Å². The fourth-order valence-corrected chi connectivity index (χ4v) is 3.20. The van der Waals surface area contributed by atoms with Gasteiger partial charge in [-0.25, -0.2) is 0 Å². The molecule has 0 saturated heterocycles. The Morgan fingerprint density at radius 3 is 2.77 bits per heavy atom. The molecule has 1 aromatic carbocycles. The highest BCUT2D eigenvalue weighted by atomic mass is 35.5. The second-order valence-electron chi connectivity index (χ2n) is 6.00. The second kappa shape index (κ2) is 6.76. The van der Waals surface area contributed by atoms with Crippen molar-refractivity contribution in [2.24, 2.45) is 20.7 Å². The molecule has 0 radical (unpaired) electrons. The SMILES string of the molecule is CCc1ccnc(C(=O)c2[nH]c3cc(Cl)ccc3c2CC2N=NN=N2)c1. The summed E-state index contributed by atoms with van der Waals surface area (Å²) in [5.74, 6) is -0.172. The standard InChI is InChI=1S/C18H15ClN6O/c1-2-10-5-6-20-15(7-10)18(26)17-13(9-16-22-24-25-23-16)12-4-3-11(19)8-14(12)21-17/h3-8,16,21H,2,9H2,1H3. The van der Waals surface area contributed by atoms with Gasteiger partial charge < -0.3 is 4.98 Å². The van der Waals surface area contributed by atoms with Gasteiger partial charge in [-0.2, -0.15) is 0 Å². The van der Waals surface area contributed by atoms with E-state index in [1.54, 1.807) is 18.3 Å².